The van der Waals surface area contributed by atoms with Crippen molar-refractivity contribution in [3.05, 3.63) is 34.3 Å². The molecule has 1 unspecified atom stereocenters. The van der Waals surface area contributed by atoms with Crippen LogP contribution in [0, 0.1) is 0 Å². The molecule has 0 aromatic heterocycles. The minimum atomic E-state index is -0.992. The lowest BCUT2D eigenvalue weighted by Crippen LogP contribution is -2.01. The first kappa shape index (κ1) is 9.49. The van der Waals surface area contributed by atoms with Crippen LogP contribution in [0.15, 0.2) is 18.2 Å². The molecule has 0 saturated carbocycles. The summed E-state index contributed by atoms with van der Waals surface area (Å²) in [6.45, 7) is 0.744. The van der Waals surface area contributed by atoms with Crippen molar-refractivity contribution in [2.45, 2.75) is 12.5 Å². The molecule has 1 fully saturated rings. The smallest absolute Gasteiger partial charge is 0.337 e. The molecule has 74 valence electrons. The number of benzene rings is 1. The van der Waals surface area contributed by atoms with Gasteiger partial charge in [-0.05, 0) is 11.6 Å². The number of hydrogen-bond donors (Lipinski definition) is 1. The van der Waals surface area contributed by atoms with Gasteiger partial charge in [-0.3, -0.25) is 0 Å². The van der Waals surface area contributed by atoms with E-state index in [-0.39, 0.29) is 11.7 Å². The van der Waals surface area contributed by atoms with Crippen LogP contribution in [0.2, 0.25) is 5.02 Å². The molecule has 1 saturated heterocycles. The molecule has 1 N–H and O–H groups in total. The van der Waals surface area contributed by atoms with Gasteiger partial charge in [0.1, 0.15) is 0 Å². The van der Waals surface area contributed by atoms with Crippen molar-refractivity contribution >= 4 is 17.6 Å². The van der Waals surface area contributed by atoms with Crippen LogP contribution in [0.1, 0.15) is 15.9 Å². The number of aromatic carboxylic acids is 1. The summed E-state index contributed by atoms with van der Waals surface area (Å²) in [6, 6.07) is 5.03. The summed E-state index contributed by atoms with van der Waals surface area (Å²) in [5.41, 5.74) is 0.999. The lowest BCUT2D eigenvalue weighted by molar-refractivity contribution is 0.0697. The van der Waals surface area contributed by atoms with Gasteiger partial charge in [0, 0.05) is 6.42 Å². The maximum absolute atomic E-state index is 10.8. The molecular weight excluding hydrogens is 204 g/mol. The Balaban J connectivity index is 2.30. The molecule has 0 spiro atoms. The highest BCUT2D eigenvalue weighted by molar-refractivity contribution is 6.34. The SMILES string of the molecule is O=C(O)c1cccc(CC2CO2)c1Cl. The zero-order valence-electron chi connectivity index (χ0n) is 7.37. The van der Waals surface area contributed by atoms with Crippen LogP contribution < -0.4 is 0 Å². The molecule has 1 aromatic carbocycles. The van der Waals surface area contributed by atoms with Crippen LogP contribution >= 0.6 is 11.6 Å². The third-order valence-electron chi connectivity index (χ3n) is 2.16. The fourth-order valence-electron chi connectivity index (χ4n) is 1.33. The first-order valence-corrected chi connectivity index (χ1v) is 4.68. The summed E-state index contributed by atoms with van der Waals surface area (Å²) in [4.78, 5) is 10.8. The standard InChI is InChI=1S/C10H9ClO3/c11-9-6(4-7-5-14-7)2-1-3-8(9)10(12)13/h1-3,7H,4-5H2,(H,12,13). The van der Waals surface area contributed by atoms with Gasteiger partial charge in [0.25, 0.3) is 0 Å². The van der Waals surface area contributed by atoms with Crippen LogP contribution in [-0.2, 0) is 11.2 Å². The Morgan fingerprint density at radius 1 is 1.64 bits per heavy atom. The monoisotopic (exact) mass is 212 g/mol. The number of carboxylic acid groups (broad SMARTS) is 1. The Bertz CT molecular complexity index is 372. The normalized spacial score (nSPS) is 19.4. The molecule has 1 aromatic rings. The Labute approximate surface area is 86.3 Å². The minimum absolute atomic E-state index is 0.157. The second-order valence-corrected chi connectivity index (χ2v) is 3.62. The lowest BCUT2D eigenvalue weighted by Gasteiger charge is -2.04. The number of epoxide rings is 1. The molecular formula is C10H9ClO3. The van der Waals surface area contributed by atoms with Crippen molar-refractivity contribution in [3.63, 3.8) is 0 Å². The first-order valence-electron chi connectivity index (χ1n) is 4.31. The van der Waals surface area contributed by atoms with Gasteiger partial charge in [-0.1, -0.05) is 23.7 Å². The number of hydrogen-bond acceptors (Lipinski definition) is 2. The number of ether oxygens (including phenoxy) is 1. The van der Waals surface area contributed by atoms with E-state index >= 15 is 0 Å². The topological polar surface area (TPSA) is 49.8 Å². The second-order valence-electron chi connectivity index (χ2n) is 3.24. The maximum Gasteiger partial charge on any atom is 0.337 e. The summed E-state index contributed by atoms with van der Waals surface area (Å²) in [5, 5.41) is 9.15. The van der Waals surface area contributed by atoms with Gasteiger partial charge < -0.3 is 9.84 Å². The van der Waals surface area contributed by atoms with Crippen LogP contribution in [0.3, 0.4) is 0 Å². The molecule has 4 heteroatoms. The van der Waals surface area contributed by atoms with Crippen molar-refractivity contribution in [1.82, 2.24) is 0 Å². The average Bonchev–Trinajstić information content (AvgIpc) is 2.92. The highest BCUT2D eigenvalue weighted by Crippen LogP contribution is 2.25. The van der Waals surface area contributed by atoms with Crippen LogP contribution in [0.5, 0.6) is 0 Å². The molecule has 2 rings (SSSR count). The highest BCUT2D eigenvalue weighted by Gasteiger charge is 2.24. The van der Waals surface area contributed by atoms with Crippen molar-refractivity contribution in [2.75, 3.05) is 6.61 Å². The Morgan fingerprint density at radius 3 is 2.93 bits per heavy atom. The third kappa shape index (κ3) is 1.89. The molecule has 0 radical (unpaired) electrons. The quantitative estimate of drug-likeness (QED) is 0.780. The maximum atomic E-state index is 10.8. The summed E-state index contributed by atoms with van der Waals surface area (Å²) in [5.74, 6) is -0.992. The van der Waals surface area contributed by atoms with E-state index in [9.17, 15) is 4.79 Å². The Morgan fingerprint density at radius 2 is 2.36 bits per heavy atom. The van der Waals surface area contributed by atoms with Crippen LogP contribution in [0.4, 0.5) is 0 Å². The third-order valence-corrected chi connectivity index (χ3v) is 2.61. The molecule has 3 nitrogen and oxygen atoms in total. The van der Waals surface area contributed by atoms with Crippen molar-refractivity contribution < 1.29 is 14.6 Å². The highest BCUT2D eigenvalue weighted by atomic mass is 35.5. The van der Waals surface area contributed by atoms with Gasteiger partial charge in [-0.25, -0.2) is 4.79 Å². The lowest BCUT2D eigenvalue weighted by atomic mass is 10.1. The molecule has 1 aliphatic heterocycles. The van der Waals surface area contributed by atoms with Gasteiger partial charge in [0.05, 0.1) is 23.3 Å². The molecule has 0 bridgehead atoms. The Hall–Kier alpha value is -1.06. The van der Waals surface area contributed by atoms with E-state index in [1.54, 1.807) is 6.07 Å². The molecule has 1 atom stereocenters. The molecule has 0 aliphatic carbocycles. The second kappa shape index (κ2) is 3.59. The fourth-order valence-corrected chi connectivity index (χ4v) is 1.62. The van der Waals surface area contributed by atoms with Crippen molar-refractivity contribution in [2.24, 2.45) is 0 Å². The summed E-state index contributed by atoms with van der Waals surface area (Å²) >= 11 is 5.94. The van der Waals surface area contributed by atoms with Crippen LogP contribution in [-0.4, -0.2) is 23.8 Å². The number of halogens is 1. The number of rotatable bonds is 3. The fraction of sp³-hybridized carbons (Fsp3) is 0.300. The predicted octanol–water partition coefficient (Wildman–Crippen LogP) is 1.98. The van der Waals surface area contributed by atoms with E-state index < -0.39 is 5.97 Å². The van der Waals surface area contributed by atoms with Crippen molar-refractivity contribution in [1.29, 1.82) is 0 Å². The van der Waals surface area contributed by atoms with E-state index in [4.69, 9.17) is 21.4 Å². The molecule has 1 aliphatic rings. The van der Waals surface area contributed by atoms with E-state index in [1.165, 1.54) is 6.07 Å². The summed E-state index contributed by atoms with van der Waals surface area (Å²) < 4.78 is 5.06. The van der Waals surface area contributed by atoms with Gasteiger partial charge in [0.2, 0.25) is 0 Å². The number of carboxylic acids is 1. The average molecular weight is 213 g/mol. The zero-order valence-corrected chi connectivity index (χ0v) is 8.12. The van der Waals surface area contributed by atoms with Gasteiger partial charge in [-0.2, -0.15) is 0 Å². The number of carbonyl (C=O) groups is 1. The molecule has 0 amide bonds. The van der Waals surface area contributed by atoms with E-state index in [0.717, 1.165) is 12.2 Å². The van der Waals surface area contributed by atoms with Crippen LogP contribution in [0.25, 0.3) is 0 Å². The van der Waals surface area contributed by atoms with E-state index in [1.807, 2.05) is 6.07 Å². The minimum Gasteiger partial charge on any atom is -0.478 e. The predicted molar refractivity (Wildman–Crippen MR) is 51.9 cm³/mol. The van der Waals surface area contributed by atoms with E-state index in [0.29, 0.717) is 11.4 Å². The zero-order chi connectivity index (χ0) is 10.1. The van der Waals surface area contributed by atoms with Crippen molar-refractivity contribution in [3.8, 4) is 0 Å². The van der Waals surface area contributed by atoms with Gasteiger partial charge >= 0.3 is 5.97 Å². The van der Waals surface area contributed by atoms with Gasteiger partial charge in [-0.15, -0.1) is 0 Å². The Kier molecular flexibility index (Phi) is 2.44. The summed E-state index contributed by atoms with van der Waals surface area (Å²) in [7, 11) is 0. The molecule has 14 heavy (non-hydrogen) atoms. The van der Waals surface area contributed by atoms with E-state index in [2.05, 4.69) is 0 Å². The largest absolute Gasteiger partial charge is 0.478 e. The summed E-state index contributed by atoms with van der Waals surface area (Å²) in [6.07, 6.45) is 0.913. The van der Waals surface area contributed by atoms with Gasteiger partial charge in [0.15, 0.2) is 0 Å². The first-order chi connectivity index (χ1) is 6.68. The molecule has 1 heterocycles.